The molecule has 145 heavy (non-hydrogen) atoms. The minimum absolute atomic E-state index is 0.151. The van der Waals surface area contributed by atoms with Crippen molar-refractivity contribution in [3.63, 3.8) is 0 Å². The van der Waals surface area contributed by atoms with Gasteiger partial charge < -0.3 is 215 Å². The van der Waals surface area contributed by atoms with Gasteiger partial charge in [-0.25, -0.2) is 0 Å². The molecule has 8 fully saturated rings. The number of nitrogens with one attached hydrogen (secondary N) is 4. The van der Waals surface area contributed by atoms with Gasteiger partial charge >= 0.3 is 0 Å². The van der Waals surface area contributed by atoms with Gasteiger partial charge in [0.15, 0.2) is 50.3 Å². The first-order chi connectivity index (χ1) is 69.7. The summed E-state index contributed by atoms with van der Waals surface area (Å²) in [5.41, 5.74) is 0. The van der Waals surface area contributed by atoms with Gasteiger partial charge in [0, 0.05) is 27.2 Å². The standard InChI is InChI=1S/C98H174N4O43/c1-6-8-10-12-14-16-18-20-21-22-23-24-25-26-27-28-29-31-33-35-37-39-41-43-66(115)102-56(57(114)42-40-38-36-34-32-30-19-17-15-13-11-9-7-2)52-130-94-80(126)78(124)87(65(51-110)138-94)142-98-83(129)90(73(119)61(47-106)134-98)145-93-69(101-55(5)113)76(122)86(64(50-109)137-93)141-97-82(128)89(72(118)60(46-105)133-97)144-92-68(100-54(4)112)75(121)85(63(49-108)136-92)140-96-81(127)88(71(117)59(45-104)132-96)143-91-67(99-53(3)111)74(120)84(62(48-107)135-91)139-95-79(125)77(123)70(116)58(44-103)131-95/h20-21,40,42,56-65,67-98,103-110,114,116-129H,6-19,22-39,41,43-52H2,1-5H3,(H,99,111)(H,100,112)(H,101,113)(H,102,115)/b21-20-,42-40+/t56-,57+,58?,59?,60?,61?,62?,63?,64?,65?,67?,68?,69?,70-,71-,72-,73-,74+,75+,76+,77-,78+,79?,80?,81?,82?,83?,84+,85+,86+,87+,88-,89-,90-,91-,92-,93-,94+,95-,96-,97-,98-/m0/s1. The molecule has 0 aliphatic carbocycles. The Hall–Kier alpha value is -4.20. The van der Waals surface area contributed by atoms with Crippen LogP contribution in [0.3, 0.4) is 0 Å². The van der Waals surface area contributed by atoms with E-state index in [9.17, 15) is 137 Å². The largest absolute Gasteiger partial charge is 0.394 e. The van der Waals surface area contributed by atoms with Crippen molar-refractivity contribution in [1.29, 1.82) is 0 Å². The monoisotopic (exact) mass is 2100 g/mol. The number of hydrogen-bond donors (Lipinski definition) is 27. The summed E-state index contributed by atoms with van der Waals surface area (Å²) in [5.74, 6) is -3.08. The summed E-state index contributed by atoms with van der Waals surface area (Å²) < 4.78 is 95.2. The van der Waals surface area contributed by atoms with Crippen LogP contribution < -0.4 is 21.3 Å². The lowest BCUT2D eigenvalue weighted by Gasteiger charge is -2.51. The fourth-order valence-electron chi connectivity index (χ4n) is 19.6. The number of aliphatic hydroxyl groups is 23. The molecule has 8 saturated heterocycles. The lowest BCUT2D eigenvalue weighted by Crippen LogP contribution is -2.71. The molecule has 0 aromatic heterocycles. The third-order valence-corrected chi connectivity index (χ3v) is 28.0. The van der Waals surface area contributed by atoms with Crippen molar-refractivity contribution in [2.75, 3.05) is 59.5 Å². The number of unbranched alkanes of at least 4 members (excludes halogenated alkanes) is 30. The maximum absolute atomic E-state index is 13.7. The molecule has 8 heterocycles. The summed E-state index contributed by atoms with van der Waals surface area (Å²) in [6.45, 7) is -1.56. The predicted molar refractivity (Wildman–Crippen MR) is 507 cm³/mol. The minimum Gasteiger partial charge on any atom is -0.394 e. The number of amides is 4. The van der Waals surface area contributed by atoms with Crippen LogP contribution in [-0.2, 0) is 95.0 Å². The first kappa shape index (κ1) is 126. The van der Waals surface area contributed by atoms with Crippen LogP contribution in [0.4, 0.5) is 0 Å². The van der Waals surface area contributed by atoms with Crippen molar-refractivity contribution < 1.29 is 212 Å². The molecule has 0 saturated carbocycles. The van der Waals surface area contributed by atoms with E-state index in [2.05, 4.69) is 47.3 Å². The van der Waals surface area contributed by atoms with E-state index in [1.165, 1.54) is 135 Å². The van der Waals surface area contributed by atoms with Gasteiger partial charge in [0.05, 0.1) is 71.6 Å². The Kier molecular flexibility index (Phi) is 58.0. The Labute approximate surface area is 848 Å². The van der Waals surface area contributed by atoms with Crippen LogP contribution in [0.1, 0.15) is 253 Å². The first-order valence-electron chi connectivity index (χ1n) is 52.6. The van der Waals surface area contributed by atoms with E-state index in [1.807, 2.05) is 6.08 Å². The van der Waals surface area contributed by atoms with Crippen LogP contribution in [0.5, 0.6) is 0 Å². The normalized spacial score (nSPS) is 37.9. The average Bonchev–Trinajstić information content (AvgIpc) is 0.769. The molecule has 42 atom stereocenters. The van der Waals surface area contributed by atoms with Crippen LogP contribution in [0.25, 0.3) is 0 Å². The van der Waals surface area contributed by atoms with Gasteiger partial charge in [0.2, 0.25) is 23.6 Å². The van der Waals surface area contributed by atoms with Gasteiger partial charge in [-0.15, -0.1) is 0 Å². The summed E-state index contributed by atoms with van der Waals surface area (Å²) in [5, 5.41) is 270. The maximum atomic E-state index is 13.7. The Bertz CT molecular complexity index is 3600. The smallest absolute Gasteiger partial charge is 0.220 e. The van der Waals surface area contributed by atoms with Gasteiger partial charge in [0.25, 0.3) is 0 Å². The maximum Gasteiger partial charge on any atom is 0.220 e. The predicted octanol–water partition coefficient (Wildman–Crippen LogP) is -3.74. The highest BCUT2D eigenvalue weighted by atomic mass is 16.8. The van der Waals surface area contributed by atoms with Crippen LogP contribution >= 0.6 is 0 Å². The molecular formula is C98H174N4O43. The van der Waals surface area contributed by atoms with E-state index in [4.69, 9.17) is 75.8 Å². The fourth-order valence-corrected chi connectivity index (χ4v) is 19.6. The summed E-state index contributed by atoms with van der Waals surface area (Å²) in [7, 11) is 0. The topological polar surface area (TPSA) is 729 Å². The number of carbonyl (C=O) groups excluding carboxylic acids is 4. The van der Waals surface area contributed by atoms with Crippen LogP contribution in [0.15, 0.2) is 24.3 Å². The zero-order valence-corrected chi connectivity index (χ0v) is 84.4. The minimum atomic E-state index is -2.35. The Balaban J connectivity index is 0.878. The summed E-state index contributed by atoms with van der Waals surface area (Å²) in [6, 6.07) is -6.75. The highest BCUT2D eigenvalue weighted by molar-refractivity contribution is 5.76. The molecule has 47 heteroatoms. The number of allylic oxidation sites excluding steroid dienone is 3. The first-order valence-corrected chi connectivity index (χ1v) is 52.6. The fraction of sp³-hybridized carbons (Fsp3) is 0.918. The van der Waals surface area contributed by atoms with E-state index in [-0.39, 0.29) is 12.3 Å². The lowest BCUT2D eigenvalue weighted by atomic mass is 9.93. The van der Waals surface area contributed by atoms with Crippen molar-refractivity contribution in [3.8, 4) is 0 Å². The van der Waals surface area contributed by atoms with Crippen LogP contribution in [0, 0.1) is 0 Å². The molecular weight excluding hydrogens is 1920 g/mol. The summed E-state index contributed by atoms with van der Waals surface area (Å²) >= 11 is 0. The SMILES string of the molecule is CCCCCCCC/C=C\CCCCCCCCCCCCCCCC(=O)N[C@@H](CO[C@@H]1OC(CO)[C@@H](O[C@@H]2OC(CO)[C@H](O)[C@H](O[C@@H]3OC(CO)[C@@H](O[C@@H]4OC(CO)[C@H](O)[C@H](O[C@@H]5OC(CO)[C@@H](O[C@@H]6OC(CO)[C@H](O)[C@H](O[C@@H]7OC(CO)[C@@H](O[C@@H]8OC(CO)[C@H](O)[C@H](O)C8O)[C@H](O)C7NC(C)=O)C6O)[C@H](O)C5NC(C)=O)C4O)[C@H](O)C3NC(C)=O)C2O)[C@H](O)C1O)[C@H](O)/C=C/CCCCCCCCCCCCC. The Morgan fingerprint density at radius 3 is 0.821 bits per heavy atom. The average molecular weight is 2100 g/mol. The van der Waals surface area contributed by atoms with Crippen molar-refractivity contribution >= 4 is 23.6 Å². The lowest BCUT2D eigenvalue weighted by molar-refractivity contribution is -0.389. The second-order valence-electron chi connectivity index (χ2n) is 39.5. The number of ether oxygens (including phenoxy) is 16. The molecule has 27 N–H and O–H groups in total. The highest BCUT2D eigenvalue weighted by Crippen LogP contribution is 2.41. The van der Waals surface area contributed by atoms with Crippen LogP contribution in [-0.4, -0.2) is 458 Å². The second-order valence-corrected chi connectivity index (χ2v) is 39.5. The van der Waals surface area contributed by atoms with Crippen LogP contribution in [0.2, 0.25) is 0 Å². The number of hydrogen-bond acceptors (Lipinski definition) is 43. The molecule has 8 aliphatic heterocycles. The zero-order valence-electron chi connectivity index (χ0n) is 84.4. The molecule has 0 bridgehead atoms. The van der Waals surface area contributed by atoms with Crippen molar-refractivity contribution in [2.24, 2.45) is 0 Å². The highest BCUT2D eigenvalue weighted by Gasteiger charge is 2.61. The van der Waals surface area contributed by atoms with E-state index in [0.717, 1.165) is 85.0 Å². The molecule has 0 spiro atoms. The van der Waals surface area contributed by atoms with E-state index < -0.39 is 335 Å². The molecule has 8 rings (SSSR count). The van der Waals surface area contributed by atoms with Gasteiger partial charge in [0.1, 0.15) is 195 Å². The van der Waals surface area contributed by atoms with Gasteiger partial charge in [-0.1, -0.05) is 205 Å². The number of rotatable bonds is 66. The Morgan fingerprint density at radius 2 is 0.517 bits per heavy atom. The zero-order chi connectivity index (χ0) is 106. The van der Waals surface area contributed by atoms with E-state index in [0.29, 0.717) is 12.8 Å². The quantitative estimate of drug-likeness (QED) is 0.0206. The second kappa shape index (κ2) is 66.8. The van der Waals surface area contributed by atoms with E-state index in [1.54, 1.807) is 6.08 Å². The third kappa shape index (κ3) is 37.9. The Morgan fingerprint density at radius 1 is 0.269 bits per heavy atom. The molecule has 0 aromatic carbocycles. The van der Waals surface area contributed by atoms with Gasteiger partial charge in [-0.05, 0) is 44.9 Å². The third-order valence-electron chi connectivity index (χ3n) is 28.0. The molecule has 4 amide bonds. The van der Waals surface area contributed by atoms with Crippen molar-refractivity contribution in [3.05, 3.63) is 24.3 Å². The van der Waals surface area contributed by atoms with Crippen molar-refractivity contribution in [2.45, 2.75) is 511 Å². The summed E-state index contributed by atoms with van der Waals surface area (Å²) in [4.78, 5) is 52.6. The van der Waals surface area contributed by atoms with E-state index >= 15 is 0 Å². The number of aliphatic hydroxyl groups excluding tert-OH is 23. The summed E-state index contributed by atoms with van der Waals surface area (Å²) in [6.07, 6.45) is -29.1. The molecule has 8 aliphatic rings. The molecule has 16 unspecified atom stereocenters. The molecule has 844 valence electrons. The molecule has 0 aromatic rings. The van der Waals surface area contributed by atoms with Gasteiger partial charge in [-0.2, -0.15) is 0 Å². The number of carbonyl (C=O) groups is 4. The van der Waals surface area contributed by atoms with Crippen molar-refractivity contribution in [1.82, 2.24) is 21.3 Å². The molecule has 47 nitrogen and oxygen atoms in total. The van der Waals surface area contributed by atoms with Gasteiger partial charge in [-0.3, -0.25) is 19.2 Å². The molecule has 0 radical (unpaired) electrons.